The van der Waals surface area contributed by atoms with Gasteiger partial charge >= 0.3 is 29.5 Å². The summed E-state index contributed by atoms with van der Waals surface area (Å²) in [6.07, 6.45) is 0.460. The Kier molecular flexibility index (Phi) is 2.98. The van der Waals surface area contributed by atoms with Crippen LogP contribution in [0.5, 0.6) is 0 Å². The molecule has 0 spiro atoms. The van der Waals surface area contributed by atoms with Crippen LogP contribution in [0, 0.1) is 0 Å². The maximum Gasteiger partial charge on any atom is 0.384 e. The molecule has 10 heteroatoms. The molecular formula is C8H5F9O. The molecule has 0 aliphatic heterocycles. The third kappa shape index (κ3) is 1.24. The molecule has 0 bridgehead atoms. The summed E-state index contributed by atoms with van der Waals surface area (Å²) < 4.78 is 118. The van der Waals surface area contributed by atoms with E-state index in [-0.39, 0.29) is 0 Å². The zero-order chi connectivity index (χ0) is 14.6. The number of alkyl halides is 9. The SMILES string of the molecule is C=CCOC1(F)C(F)(F)C(F)(F)C(F)(F)C1(F)F. The van der Waals surface area contributed by atoms with Gasteiger partial charge in [0.15, 0.2) is 0 Å². The standard InChI is InChI=1S/C8H5F9O/c1-2-3-18-8(17)6(13,14)4(9,10)5(11,12)7(8,15)16/h2H,1,3H2. The minimum atomic E-state index is -6.60. The lowest BCUT2D eigenvalue weighted by Gasteiger charge is -2.30. The maximum atomic E-state index is 13.3. The molecule has 18 heavy (non-hydrogen) atoms. The highest BCUT2D eigenvalue weighted by Gasteiger charge is 3.01. The monoisotopic (exact) mass is 288 g/mol. The highest BCUT2D eigenvalue weighted by atomic mass is 19.4. The first-order valence-electron chi connectivity index (χ1n) is 4.26. The Morgan fingerprint density at radius 2 is 1.06 bits per heavy atom. The summed E-state index contributed by atoms with van der Waals surface area (Å²) in [7, 11) is 0. The molecule has 0 atom stereocenters. The predicted molar refractivity (Wildman–Crippen MR) is 39.8 cm³/mol. The van der Waals surface area contributed by atoms with Crippen LogP contribution in [0.3, 0.4) is 0 Å². The normalized spacial score (nSPS) is 30.1. The van der Waals surface area contributed by atoms with Gasteiger partial charge in [0, 0.05) is 0 Å². The molecule has 0 aromatic heterocycles. The van der Waals surface area contributed by atoms with Gasteiger partial charge in [0.05, 0.1) is 6.61 Å². The van der Waals surface area contributed by atoms with Crippen LogP contribution in [0.4, 0.5) is 39.5 Å². The van der Waals surface area contributed by atoms with Crippen molar-refractivity contribution in [1.29, 1.82) is 0 Å². The lowest BCUT2D eigenvalue weighted by molar-refractivity contribution is -0.353. The average Bonchev–Trinajstić information content (AvgIpc) is 2.27. The zero-order valence-electron chi connectivity index (χ0n) is 8.30. The molecule has 0 unspecified atom stereocenters. The predicted octanol–water partition coefficient (Wildman–Crippen LogP) is 3.41. The van der Waals surface area contributed by atoms with Crippen LogP contribution < -0.4 is 0 Å². The van der Waals surface area contributed by atoms with Gasteiger partial charge < -0.3 is 4.74 Å². The van der Waals surface area contributed by atoms with E-state index in [1.54, 1.807) is 0 Å². The molecule has 1 aliphatic carbocycles. The first-order valence-corrected chi connectivity index (χ1v) is 4.26. The minimum absolute atomic E-state index is 0.460. The van der Waals surface area contributed by atoms with E-state index in [0.29, 0.717) is 6.08 Å². The van der Waals surface area contributed by atoms with E-state index in [4.69, 9.17) is 0 Å². The smallest absolute Gasteiger partial charge is 0.332 e. The van der Waals surface area contributed by atoms with Crippen molar-refractivity contribution in [3.63, 3.8) is 0 Å². The second-order valence-corrected chi connectivity index (χ2v) is 3.49. The van der Waals surface area contributed by atoms with Crippen molar-refractivity contribution in [3.05, 3.63) is 12.7 Å². The first kappa shape index (κ1) is 15.1. The number of rotatable bonds is 3. The summed E-state index contributed by atoms with van der Waals surface area (Å²) in [4.78, 5) is 0. The molecular weight excluding hydrogens is 283 g/mol. The Morgan fingerprint density at radius 1 is 0.722 bits per heavy atom. The van der Waals surface area contributed by atoms with Gasteiger partial charge in [0.25, 0.3) is 0 Å². The summed E-state index contributed by atoms with van der Waals surface area (Å²) in [6.45, 7) is 1.38. The lowest BCUT2D eigenvalue weighted by atomic mass is 10.1. The molecule has 0 radical (unpaired) electrons. The second kappa shape index (κ2) is 3.55. The average molecular weight is 288 g/mol. The molecule has 1 rings (SSSR count). The summed E-state index contributed by atoms with van der Waals surface area (Å²) in [5.74, 6) is -31.8. The Labute approximate surface area is 94.2 Å². The van der Waals surface area contributed by atoms with Crippen molar-refractivity contribution in [1.82, 2.24) is 0 Å². The largest absolute Gasteiger partial charge is 0.384 e. The van der Waals surface area contributed by atoms with Gasteiger partial charge in [-0.1, -0.05) is 6.08 Å². The van der Waals surface area contributed by atoms with Gasteiger partial charge in [-0.25, -0.2) is 0 Å². The van der Waals surface area contributed by atoms with Gasteiger partial charge in [-0.2, -0.15) is 39.5 Å². The Bertz CT molecular complexity index is 336. The van der Waals surface area contributed by atoms with E-state index in [1.807, 2.05) is 0 Å². The number of halogens is 9. The molecule has 1 aliphatic rings. The second-order valence-electron chi connectivity index (χ2n) is 3.49. The number of hydrogen-bond acceptors (Lipinski definition) is 1. The summed E-state index contributed by atoms with van der Waals surface area (Å²) >= 11 is 0. The molecule has 0 N–H and O–H groups in total. The van der Waals surface area contributed by atoms with Crippen LogP contribution >= 0.6 is 0 Å². The van der Waals surface area contributed by atoms with E-state index in [1.165, 1.54) is 0 Å². The highest BCUT2D eigenvalue weighted by molar-refractivity contribution is 5.23. The van der Waals surface area contributed by atoms with Crippen LogP contribution in [0.2, 0.25) is 0 Å². The van der Waals surface area contributed by atoms with Gasteiger partial charge in [0.1, 0.15) is 0 Å². The van der Waals surface area contributed by atoms with Gasteiger partial charge in [0.2, 0.25) is 0 Å². The maximum absolute atomic E-state index is 13.3. The van der Waals surface area contributed by atoms with Crippen molar-refractivity contribution >= 4 is 0 Å². The zero-order valence-corrected chi connectivity index (χ0v) is 8.30. The molecule has 0 amide bonds. The molecule has 0 saturated heterocycles. The van der Waals surface area contributed by atoms with E-state index >= 15 is 0 Å². The van der Waals surface area contributed by atoms with E-state index in [2.05, 4.69) is 11.3 Å². The van der Waals surface area contributed by atoms with Crippen LogP contribution in [0.15, 0.2) is 12.7 Å². The molecule has 1 fully saturated rings. The van der Waals surface area contributed by atoms with Crippen molar-refractivity contribution in [2.24, 2.45) is 0 Å². The number of ether oxygens (including phenoxy) is 1. The van der Waals surface area contributed by atoms with E-state index in [9.17, 15) is 39.5 Å². The van der Waals surface area contributed by atoms with Crippen molar-refractivity contribution in [3.8, 4) is 0 Å². The molecule has 0 heterocycles. The fourth-order valence-electron chi connectivity index (χ4n) is 1.35. The summed E-state index contributed by atoms with van der Waals surface area (Å²) in [6, 6.07) is 0. The van der Waals surface area contributed by atoms with Crippen molar-refractivity contribution < 1.29 is 44.3 Å². The Hall–Kier alpha value is -0.930. The molecule has 0 aromatic rings. The fourth-order valence-corrected chi connectivity index (χ4v) is 1.35. The van der Waals surface area contributed by atoms with E-state index in [0.717, 1.165) is 0 Å². The van der Waals surface area contributed by atoms with Crippen LogP contribution in [-0.2, 0) is 4.74 Å². The molecule has 1 nitrogen and oxygen atoms in total. The van der Waals surface area contributed by atoms with Crippen LogP contribution in [-0.4, -0.2) is 36.2 Å². The third-order valence-electron chi connectivity index (χ3n) is 2.39. The van der Waals surface area contributed by atoms with Crippen LogP contribution in [0.1, 0.15) is 0 Å². The summed E-state index contributed by atoms with van der Waals surface area (Å²) in [5.41, 5.74) is 0. The van der Waals surface area contributed by atoms with E-state index < -0.39 is 36.2 Å². The molecule has 1 saturated carbocycles. The number of hydrogen-bond donors (Lipinski definition) is 0. The Morgan fingerprint density at radius 3 is 1.33 bits per heavy atom. The first-order chi connectivity index (χ1) is 7.81. The fraction of sp³-hybridized carbons (Fsp3) is 0.750. The Balaban J connectivity index is 3.47. The quantitative estimate of drug-likeness (QED) is 0.571. The van der Waals surface area contributed by atoms with Gasteiger partial charge in [-0.15, -0.1) is 6.58 Å². The van der Waals surface area contributed by atoms with Crippen LogP contribution in [0.25, 0.3) is 0 Å². The van der Waals surface area contributed by atoms with Gasteiger partial charge in [-0.05, 0) is 0 Å². The highest BCUT2D eigenvalue weighted by Crippen LogP contribution is 2.69. The molecule has 106 valence electrons. The minimum Gasteiger partial charge on any atom is -0.332 e. The third-order valence-corrected chi connectivity index (χ3v) is 2.39. The van der Waals surface area contributed by atoms with Crippen molar-refractivity contribution in [2.45, 2.75) is 29.5 Å². The summed E-state index contributed by atoms with van der Waals surface area (Å²) in [5, 5.41) is 0. The van der Waals surface area contributed by atoms with Gasteiger partial charge in [-0.3, -0.25) is 0 Å². The lowest BCUT2D eigenvalue weighted by Crippen LogP contribution is -2.56. The topological polar surface area (TPSA) is 9.23 Å². The van der Waals surface area contributed by atoms with Crippen molar-refractivity contribution in [2.75, 3.05) is 6.61 Å². The molecule has 0 aromatic carbocycles.